The highest BCUT2D eigenvalue weighted by atomic mass is 31.1. The van der Waals surface area contributed by atoms with Crippen molar-refractivity contribution in [2.45, 2.75) is 32.6 Å². The Morgan fingerprint density at radius 3 is 2.74 bits per heavy atom. The van der Waals surface area contributed by atoms with Crippen molar-refractivity contribution < 1.29 is 18.7 Å². The summed E-state index contributed by atoms with van der Waals surface area (Å²) >= 11 is 0. The summed E-state index contributed by atoms with van der Waals surface area (Å²) in [5, 5.41) is 0. The summed E-state index contributed by atoms with van der Waals surface area (Å²) in [4.78, 5) is 33.2. The predicted molar refractivity (Wildman–Crippen MR) is 68.4 cm³/mol. The monoisotopic (exact) mass is 292 g/mol. The molecule has 0 spiro atoms. The van der Waals surface area contributed by atoms with E-state index in [4.69, 9.17) is 9.63 Å². The first-order valence-electron chi connectivity index (χ1n) is 5.76. The fourth-order valence-electron chi connectivity index (χ4n) is 1.48. The van der Waals surface area contributed by atoms with Gasteiger partial charge < -0.3 is 14.2 Å². The fraction of sp³-hybridized carbons (Fsp3) is 0.600. The minimum absolute atomic E-state index is 0.0345. The molecule has 0 radical (unpaired) electrons. The number of aromatic amines is 1. The lowest BCUT2D eigenvalue weighted by Gasteiger charge is -2.22. The average molecular weight is 292 g/mol. The van der Waals surface area contributed by atoms with Gasteiger partial charge in [-0.15, -0.1) is 0 Å². The van der Waals surface area contributed by atoms with Crippen LogP contribution in [0.15, 0.2) is 21.9 Å². The second-order valence-electron chi connectivity index (χ2n) is 3.86. The third-order valence-electron chi connectivity index (χ3n) is 2.48. The van der Waals surface area contributed by atoms with E-state index < -0.39 is 31.8 Å². The van der Waals surface area contributed by atoms with Gasteiger partial charge in [0.2, 0.25) is 0 Å². The van der Waals surface area contributed by atoms with Gasteiger partial charge in [0.1, 0.15) is 6.23 Å². The van der Waals surface area contributed by atoms with Crippen molar-refractivity contribution in [3.8, 4) is 0 Å². The molecule has 19 heavy (non-hydrogen) atoms. The quantitative estimate of drug-likeness (QED) is 0.697. The Labute approximate surface area is 109 Å². The smallest absolute Gasteiger partial charge is 0.330 e. The molecule has 0 fully saturated rings. The van der Waals surface area contributed by atoms with E-state index in [0.29, 0.717) is 6.42 Å². The highest BCUT2D eigenvalue weighted by Gasteiger charge is 2.15. The first-order valence-corrected chi connectivity index (χ1v) is 7.03. The highest BCUT2D eigenvalue weighted by molar-refractivity contribution is 7.32. The third kappa shape index (κ3) is 5.12. The van der Waals surface area contributed by atoms with Gasteiger partial charge in [-0.05, 0) is 13.3 Å². The highest BCUT2D eigenvalue weighted by Crippen LogP contribution is 2.18. The third-order valence-corrected chi connectivity index (χ3v) is 2.89. The van der Waals surface area contributed by atoms with E-state index in [-0.39, 0.29) is 6.61 Å². The fourth-order valence-corrected chi connectivity index (χ4v) is 1.80. The molecule has 1 aromatic heterocycles. The molecule has 8 nitrogen and oxygen atoms in total. The summed E-state index contributed by atoms with van der Waals surface area (Å²) in [7, 11) is -3.00. The number of hydrogen-bond acceptors (Lipinski definition) is 5. The summed E-state index contributed by atoms with van der Waals surface area (Å²) in [6, 6.07) is 1.21. The molecular weight excluding hydrogens is 275 g/mol. The Morgan fingerprint density at radius 1 is 1.53 bits per heavy atom. The molecule has 1 aromatic rings. The zero-order chi connectivity index (χ0) is 14.4. The number of H-pyrrole nitrogens is 1. The molecule has 108 valence electrons. The molecule has 1 heterocycles. The Bertz CT molecular complexity index is 539. The van der Waals surface area contributed by atoms with E-state index in [9.17, 15) is 14.2 Å². The van der Waals surface area contributed by atoms with Crippen LogP contribution in [-0.4, -0.2) is 27.2 Å². The van der Waals surface area contributed by atoms with Gasteiger partial charge in [-0.25, -0.2) is 4.79 Å². The number of hydrogen-bond donors (Lipinski definition) is 2. The van der Waals surface area contributed by atoms with Crippen LogP contribution in [0.25, 0.3) is 0 Å². The lowest BCUT2D eigenvalue weighted by Crippen LogP contribution is -2.33. The second kappa shape index (κ2) is 7.40. The van der Waals surface area contributed by atoms with Crippen molar-refractivity contribution in [2.24, 2.45) is 0 Å². The van der Waals surface area contributed by atoms with Gasteiger partial charge in [0, 0.05) is 12.3 Å². The topological polar surface area (TPSA) is 111 Å². The summed E-state index contributed by atoms with van der Waals surface area (Å²) < 4.78 is 21.8. The van der Waals surface area contributed by atoms with Crippen molar-refractivity contribution in [1.82, 2.24) is 9.55 Å². The molecular formula is C10H17N2O6P. The van der Waals surface area contributed by atoms with E-state index >= 15 is 0 Å². The Kier molecular flexibility index (Phi) is 6.17. The minimum Gasteiger partial charge on any atom is -0.353 e. The van der Waals surface area contributed by atoms with Crippen LogP contribution in [0.4, 0.5) is 0 Å². The van der Waals surface area contributed by atoms with Gasteiger partial charge in [0.25, 0.3) is 5.56 Å². The first-order chi connectivity index (χ1) is 8.93. The van der Waals surface area contributed by atoms with Crippen molar-refractivity contribution in [2.75, 3.05) is 6.61 Å². The maximum Gasteiger partial charge on any atom is 0.330 e. The number of aromatic nitrogens is 2. The van der Waals surface area contributed by atoms with Crippen molar-refractivity contribution in [1.29, 1.82) is 0 Å². The number of nitrogens with one attached hydrogen (secondary N) is 1. The van der Waals surface area contributed by atoms with Crippen LogP contribution in [0.1, 0.15) is 26.5 Å². The molecule has 2 N–H and O–H groups in total. The summed E-state index contributed by atoms with van der Waals surface area (Å²) in [5.74, 6) is 0. The zero-order valence-corrected chi connectivity index (χ0v) is 11.7. The maximum atomic E-state index is 11.5. The Hall–Kier alpha value is -1.21. The normalized spacial score (nSPS) is 15.9. The van der Waals surface area contributed by atoms with Crippen LogP contribution in [0.3, 0.4) is 0 Å². The maximum absolute atomic E-state index is 11.5. The van der Waals surface area contributed by atoms with E-state index in [2.05, 4.69) is 9.51 Å². The molecule has 0 amide bonds. The van der Waals surface area contributed by atoms with Crippen molar-refractivity contribution in [3.05, 3.63) is 33.1 Å². The standard InChI is InChI=1S/C10H17N2O6P/c1-3-8(6-17-19(15)16)18-7(2)12-5-4-9(13)11-10(12)14/h4-5,7-8,19H,3,6H2,1-2H3,(H,15,16)(H,11,13,14). The summed E-state index contributed by atoms with van der Waals surface area (Å²) in [5.41, 5.74) is -1.06. The van der Waals surface area contributed by atoms with E-state index in [1.54, 1.807) is 6.92 Å². The molecule has 0 aliphatic carbocycles. The van der Waals surface area contributed by atoms with Gasteiger partial charge in [0.05, 0.1) is 12.7 Å². The van der Waals surface area contributed by atoms with E-state index in [0.717, 1.165) is 0 Å². The van der Waals surface area contributed by atoms with E-state index in [1.807, 2.05) is 6.92 Å². The zero-order valence-electron chi connectivity index (χ0n) is 10.7. The van der Waals surface area contributed by atoms with Gasteiger partial charge in [-0.3, -0.25) is 18.9 Å². The molecule has 0 saturated carbocycles. The summed E-state index contributed by atoms with van der Waals surface area (Å²) in [6.45, 7) is 3.42. The molecule has 9 heteroatoms. The molecule has 3 unspecified atom stereocenters. The number of ether oxygens (including phenoxy) is 1. The largest absolute Gasteiger partial charge is 0.353 e. The molecule has 0 aliphatic rings. The Balaban J connectivity index is 2.71. The average Bonchev–Trinajstić information content (AvgIpc) is 2.33. The molecule has 0 aliphatic heterocycles. The predicted octanol–water partition coefficient (Wildman–Crippen LogP) is 0.249. The second-order valence-corrected chi connectivity index (χ2v) is 4.68. The lowest BCUT2D eigenvalue weighted by atomic mass is 10.3. The molecule has 1 rings (SSSR count). The molecule has 0 saturated heterocycles. The van der Waals surface area contributed by atoms with Crippen LogP contribution in [0, 0.1) is 0 Å². The molecule has 0 aromatic carbocycles. The first kappa shape index (κ1) is 15.8. The van der Waals surface area contributed by atoms with Crippen LogP contribution in [-0.2, 0) is 13.8 Å². The van der Waals surface area contributed by atoms with Crippen molar-refractivity contribution in [3.63, 3.8) is 0 Å². The van der Waals surface area contributed by atoms with E-state index in [1.165, 1.54) is 16.8 Å². The van der Waals surface area contributed by atoms with Crippen LogP contribution >= 0.6 is 8.25 Å². The SMILES string of the molecule is CCC(CO[PH](=O)O)OC(C)n1ccc(=O)[nH]c1=O. The van der Waals surface area contributed by atoms with Crippen LogP contribution < -0.4 is 11.2 Å². The van der Waals surface area contributed by atoms with Crippen molar-refractivity contribution >= 4 is 8.25 Å². The molecule has 3 atom stereocenters. The molecule has 0 bridgehead atoms. The summed E-state index contributed by atoms with van der Waals surface area (Å²) in [6.07, 6.45) is 0.833. The Morgan fingerprint density at radius 2 is 2.21 bits per heavy atom. The number of nitrogens with zero attached hydrogens (tertiary/aromatic N) is 1. The van der Waals surface area contributed by atoms with Gasteiger partial charge in [-0.2, -0.15) is 0 Å². The minimum atomic E-state index is -3.00. The van der Waals surface area contributed by atoms with Crippen LogP contribution in [0.5, 0.6) is 0 Å². The van der Waals surface area contributed by atoms with Gasteiger partial charge in [0.15, 0.2) is 0 Å². The van der Waals surface area contributed by atoms with Gasteiger partial charge >= 0.3 is 13.9 Å². The number of rotatable bonds is 7. The van der Waals surface area contributed by atoms with Crippen LogP contribution in [0.2, 0.25) is 0 Å². The lowest BCUT2D eigenvalue weighted by molar-refractivity contribution is -0.0642. The van der Waals surface area contributed by atoms with Gasteiger partial charge in [-0.1, -0.05) is 6.92 Å².